The Morgan fingerprint density at radius 1 is 1.08 bits per heavy atom. The molecule has 0 fully saturated rings. The molecule has 4 heteroatoms. The van der Waals surface area contributed by atoms with E-state index in [0.717, 1.165) is 53.0 Å². The third kappa shape index (κ3) is 4.15. The molecule has 0 radical (unpaired) electrons. The highest BCUT2D eigenvalue weighted by Crippen LogP contribution is 2.25. The standard InChI is InChI=1S/C21H21NO3/c1-15-11-17(14-23)12-16(2)21(15)24-10-6-9-19-13-20(22-25-19)18-7-4-3-5-8-18/h3-5,7-8,11-14H,6,9-10H2,1-2H3. The number of aldehydes is 1. The van der Waals surface area contributed by atoms with Gasteiger partial charge >= 0.3 is 0 Å². The summed E-state index contributed by atoms with van der Waals surface area (Å²) in [6.45, 7) is 4.50. The van der Waals surface area contributed by atoms with Gasteiger partial charge in [0.25, 0.3) is 0 Å². The van der Waals surface area contributed by atoms with Crippen LogP contribution < -0.4 is 4.74 Å². The zero-order valence-electron chi connectivity index (χ0n) is 14.5. The van der Waals surface area contributed by atoms with E-state index in [9.17, 15) is 4.79 Å². The van der Waals surface area contributed by atoms with Gasteiger partial charge in [0.1, 0.15) is 23.5 Å². The van der Waals surface area contributed by atoms with Gasteiger partial charge in [0, 0.05) is 23.6 Å². The molecule has 3 aromatic rings. The molecule has 0 aliphatic carbocycles. The summed E-state index contributed by atoms with van der Waals surface area (Å²) in [5.74, 6) is 1.71. The maximum Gasteiger partial charge on any atom is 0.150 e. The lowest BCUT2D eigenvalue weighted by Crippen LogP contribution is -2.02. The quantitative estimate of drug-likeness (QED) is 0.460. The Bertz CT molecular complexity index is 830. The van der Waals surface area contributed by atoms with Gasteiger partial charge in [0.05, 0.1) is 6.61 Å². The van der Waals surface area contributed by atoms with Crippen molar-refractivity contribution in [2.24, 2.45) is 0 Å². The van der Waals surface area contributed by atoms with E-state index >= 15 is 0 Å². The average molecular weight is 335 g/mol. The summed E-state index contributed by atoms with van der Waals surface area (Å²) in [5, 5.41) is 4.12. The van der Waals surface area contributed by atoms with E-state index in [1.807, 2.05) is 62.4 Å². The number of hydrogen-bond donors (Lipinski definition) is 0. The highest BCUT2D eigenvalue weighted by Gasteiger charge is 2.08. The number of nitrogens with zero attached hydrogens (tertiary/aromatic N) is 1. The fourth-order valence-electron chi connectivity index (χ4n) is 2.88. The molecule has 2 aromatic carbocycles. The first-order valence-electron chi connectivity index (χ1n) is 8.37. The molecular formula is C21H21NO3. The number of hydrogen-bond acceptors (Lipinski definition) is 4. The largest absolute Gasteiger partial charge is 0.493 e. The summed E-state index contributed by atoms with van der Waals surface area (Å²) in [5.41, 5.74) is 4.54. The van der Waals surface area contributed by atoms with Gasteiger partial charge in [-0.05, 0) is 43.5 Å². The first-order chi connectivity index (χ1) is 12.2. The van der Waals surface area contributed by atoms with Crippen molar-refractivity contribution in [3.8, 4) is 17.0 Å². The predicted molar refractivity (Wildman–Crippen MR) is 97.1 cm³/mol. The fourth-order valence-corrected chi connectivity index (χ4v) is 2.88. The van der Waals surface area contributed by atoms with Crippen LogP contribution in [0.3, 0.4) is 0 Å². The van der Waals surface area contributed by atoms with Gasteiger partial charge in [0.15, 0.2) is 0 Å². The van der Waals surface area contributed by atoms with Crippen LogP contribution in [0.5, 0.6) is 5.75 Å². The Hall–Kier alpha value is -2.88. The number of aryl methyl sites for hydroxylation is 3. The van der Waals surface area contributed by atoms with Gasteiger partial charge in [-0.1, -0.05) is 35.5 Å². The van der Waals surface area contributed by atoms with Crippen LogP contribution >= 0.6 is 0 Å². The third-order valence-electron chi connectivity index (χ3n) is 4.06. The number of rotatable bonds is 7. The molecule has 128 valence electrons. The number of ether oxygens (including phenoxy) is 1. The van der Waals surface area contributed by atoms with Crippen molar-refractivity contribution < 1.29 is 14.1 Å². The molecule has 0 N–H and O–H groups in total. The lowest BCUT2D eigenvalue weighted by Gasteiger charge is -2.12. The molecule has 4 nitrogen and oxygen atoms in total. The second-order valence-corrected chi connectivity index (χ2v) is 6.10. The van der Waals surface area contributed by atoms with Gasteiger partial charge in [-0.3, -0.25) is 4.79 Å². The van der Waals surface area contributed by atoms with Crippen molar-refractivity contribution in [1.29, 1.82) is 0 Å². The Morgan fingerprint density at radius 2 is 1.80 bits per heavy atom. The average Bonchev–Trinajstić information content (AvgIpc) is 3.10. The van der Waals surface area contributed by atoms with Gasteiger partial charge in [0.2, 0.25) is 0 Å². The van der Waals surface area contributed by atoms with Crippen LogP contribution in [0.2, 0.25) is 0 Å². The summed E-state index contributed by atoms with van der Waals surface area (Å²) in [7, 11) is 0. The first-order valence-corrected chi connectivity index (χ1v) is 8.37. The van der Waals surface area contributed by atoms with Crippen molar-refractivity contribution in [2.45, 2.75) is 26.7 Å². The Labute approximate surface area is 147 Å². The zero-order valence-corrected chi connectivity index (χ0v) is 14.5. The predicted octanol–water partition coefficient (Wildman–Crippen LogP) is 4.78. The summed E-state index contributed by atoms with van der Waals surface area (Å²) in [6.07, 6.45) is 2.46. The lowest BCUT2D eigenvalue weighted by atomic mass is 10.1. The molecule has 0 atom stereocenters. The molecule has 0 saturated heterocycles. The molecule has 1 aromatic heterocycles. The fraction of sp³-hybridized carbons (Fsp3) is 0.238. The number of aromatic nitrogens is 1. The number of carbonyl (C=O) groups excluding carboxylic acids is 1. The monoisotopic (exact) mass is 335 g/mol. The first kappa shape index (κ1) is 17.0. The molecule has 25 heavy (non-hydrogen) atoms. The lowest BCUT2D eigenvalue weighted by molar-refractivity contribution is 0.112. The maximum atomic E-state index is 10.9. The van der Waals surface area contributed by atoms with E-state index in [4.69, 9.17) is 9.26 Å². The molecule has 0 aliphatic heterocycles. The molecule has 0 spiro atoms. The topological polar surface area (TPSA) is 52.3 Å². The van der Waals surface area contributed by atoms with E-state index in [1.54, 1.807) is 0 Å². The molecule has 0 unspecified atom stereocenters. The Balaban J connectivity index is 1.54. The van der Waals surface area contributed by atoms with Crippen LogP contribution in [-0.2, 0) is 6.42 Å². The van der Waals surface area contributed by atoms with Crippen LogP contribution in [0.25, 0.3) is 11.3 Å². The maximum absolute atomic E-state index is 10.9. The van der Waals surface area contributed by atoms with Gasteiger partial charge in [-0.25, -0.2) is 0 Å². The van der Waals surface area contributed by atoms with Gasteiger partial charge in [-0.2, -0.15) is 0 Å². The Kier molecular flexibility index (Phi) is 5.29. The molecule has 0 amide bonds. The smallest absolute Gasteiger partial charge is 0.150 e. The van der Waals surface area contributed by atoms with Gasteiger partial charge < -0.3 is 9.26 Å². The van der Waals surface area contributed by atoms with Gasteiger partial charge in [-0.15, -0.1) is 0 Å². The minimum absolute atomic E-state index is 0.587. The number of carbonyl (C=O) groups is 1. The minimum Gasteiger partial charge on any atom is -0.493 e. The molecule has 0 aliphatic rings. The van der Waals surface area contributed by atoms with E-state index in [0.29, 0.717) is 12.2 Å². The second kappa shape index (κ2) is 7.79. The third-order valence-corrected chi connectivity index (χ3v) is 4.06. The number of benzene rings is 2. The van der Waals surface area contributed by atoms with E-state index in [1.165, 1.54) is 0 Å². The molecule has 1 heterocycles. The van der Waals surface area contributed by atoms with E-state index in [-0.39, 0.29) is 0 Å². The van der Waals surface area contributed by atoms with Crippen LogP contribution in [0, 0.1) is 13.8 Å². The normalized spacial score (nSPS) is 10.6. The van der Waals surface area contributed by atoms with Crippen LogP contribution in [0.1, 0.15) is 33.7 Å². The van der Waals surface area contributed by atoms with Crippen molar-refractivity contribution in [3.63, 3.8) is 0 Å². The van der Waals surface area contributed by atoms with Crippen LogP contribution in [0.4, 0.5) is 0 Å². The molecule has 3 rings (SSSR count). The summed E-state index contributed by atoms with van der Waals surface area (Å²) in [4.78, 5) is 10.9. The summed E-state index contributed by atoms with van der Waals surface area (Å²) >= 11 is 0. The molecule has 0 saturated carbocycles. The van der Waals surface area contributed by atoms with Crippen LogP contribution in [-0.4, -0.2) is 18.0 Å². The zero-order chi connectivity index (χ0) is 17.6. The summed E-state index contributed by atoms with van der Waals surface area (Å²) in [6, 6.07) is 15.6. The minimum atomic E-state index is 0.587. The Morgan fingerprint density at radius 3 is 2.48 bits per heavy atom. The van der Waals surface area contributed by atoms with Crippen molar-refractivity contribution in [1.82, 2.24) is 5.16 Å². The SMILES string of the molecule is Cc1cc(C=O)cc(C)c1OCCCc1cc(-c2ccccc2)no1. The second-order valence-electron chi connectivity index (χ2n) is 6.10. The van der Waals surface area contributed by atoms with E-state index < -0.39 is 0 Å². The van der Waals surface area contributed by atoms with Crippen molar-refractivity contribution in [2.75, 3.05) is 6.61 Å². The van der Waals surface area contributed by atoms with Crippen molar-refractivity contribution in [3.05, 3.63) is 71.0 Å². The summed E-state index contributed by atoms with van der Waals surface area (Å²) < 4.78 is 11.3. The van der Waals surface area contributed by atoms with Crippen LogP contribution in [0.15, 0.2) is 53.1 Å². The van der Waals surface area contributed by atoms with E-state index in [2.05, 4.69) is 5.16 Å². The van der Waals surface area contributed by atoms with Crippen molar-refractivity contribution >= 4 is 6.29 Å². The highest BCUT2D eigenvalue weighted by molar-refractivity contribution is 5.76. The highest BCUT2D eigenvalue weighted by atomic mass is 16.5. The molecular weight excluding hydrogens is 314 g/mol. The molecule has 0 bridgehead atoms.